The SMILES string of the molecule is CCOC(=O)c1cccc(NCCc2ccccc2)c1. The predicted octanol–water partition coefficient (Wildman–Crippen LogP) is 3.52. The summed E-state index contributed by atoms with van der Waals surface area (Å²) >= 11 is 0. The molecule has 0 bridgehead atoms. The van der Waals surface area contributed by atoms with Crippen molar-refractivity contribution >= 4 is 11.7 Å². The average molecular weight is 269 g/mol. The fraction of sp³-hybridized carbons (Fsp3) is 0.235. The van der Waals surface area contributed by atoms with Crippen LogP contribution < -0.4 is 5.32 Å². The van der Waals surface area contributed by atoms with Crippen molar-refractivity contribution in [1.29, 1.82) is 0 Å². The molecule has 2 rings (SSSR count). The lowest BCUT2D eigenvalue weighted by Crippen LogP contribution is -2.07. The summed E-state index contributed by atoms with van der Waals surface area (Å²) < 4.78 is 4.99. The number of carbonyl (C=O) groups is 1. The lowest BCUT2D eigenvalue weighted by atomic mass is 10.1. The van der Waals surface area contributed by atoms with E-state index in [1.807, 2.05) is 36.4 Å². The van der Waals surface area contributed by atoms with E-state index in [1.54, 1.807) is 13.0 Å². The Kier molecular flexibility index (Phi) is 5.18. The van der Waals surface area contributed by atoms with Gasteiger partial charge < -0.3 is 10.1 Å². The van der Waals surface area contributed by atoms with E-state index in [9.17, 15) is 4.79 Å². The van der Waals surface area contributed by atoms with Crippen LogP contribution in [0.25, 0.3) is 0 Å². The van der Waals surface area contributed by atoms with Crippen LogP contribution in [0, 0.1) is 0 Å². The summed E-state index contributed by atoms with van der Waals surface area (Å²) in [4.78, 5) is 11.6. The van der Waals surface area contributed by atoms with Crippen molar-refractivity contribution < 1.29 is 9.53 Å². The number of esters is 1. The second-order valence-corrected chi connectivity index (χ2v) is 4.46. The number of hydrogen-bond acceptors (Lipinski definition) is 3. The molecule has 3 nitrogen and oxygen atoms in total. The first kappa shape index (κ1) is 14.1. The summed E-state index contributed by atoms with van der Waals surface area (Å²) in [5.74, 6) is -0.279. The molecule has 0 unspecified atom stereocenters. The lowest BCUT2D eigenvalue weighted by Gasteiger charge is -2.08. The molecule has 0 aliphatic heterocycles. The van der Waals surface area contributed by atoms with Crippen molar-refractivity contribution in [3.8, 4) is 0 Å². The molecule has 0 fully saturated rings. The van der Waals surface area contributed by atoms with Crippen LogP contribution in [0.1, 0.15) is 22.8 Å². The molecule has 0 saturated carbocycles. The van der Waals surface area contributed by atoms with Crippen LogP contribution in [0.3, 0.4) is 0 Å². The zero-order valence-electron chi connectivity index (χ0n) is 11.6. The maximum atomic E-state index is 11.6. The van der Waals surface area contributed by atoms with Gasteiger partial charge >= 0.3 is 5.97 Å². The Labute approximate surface area is 119 Å². The molecule has 104 valence electrons. The molecule has 0 atom stereocenters. The number of nitrogens with one attached hydrogen (secondary N) is 1. The topological polar surface area (TPSA) is 38.3 Å². The van der Waals surface area contributed by atoms with Crippen LogP contribution >= 0.6 is 0 Å². The number of hydrogen-bond donors (Lipinski definition) is 1. The Morgan fingerprint density at radius 3 is 2.65 bits per heavy atom. The van der Waals surface area contributed by atoms with E-state index in [0.717, 1.165) is 18.7 Å². The van der Waals surface area contributed by atoms with Gasteiger partial charge in [-0.1, -0.05) is 36.4 Å². The highest BCUT2D eigenvalue weighted by Gasteiger charge is 2.06. The Morgan fingerprint density at radius 1 is 1.10 bits per heavy atom. The van der Waals surface area contributed by atoms with Crippen LogP contribution in [-0.4, -0.2) is 19.1 Å². The molecule has 0 saturated heterocycles. The van der Waals surface area contributed by atoms with Gasteiger partial charge in [-0.25, -0.2) is 4.79 Å². The van der Waals surface area contributed by atoms with Gasteiger partial charge in [-0.05, 0) is 37.1 Å². The summed E-state index contributed by atoms with van der Waals surface area (Å²) in [6.45, 7) is 3.03. The molecule has 2 aromatic carbocycles. The van der Waals surface area contributed by atoms with Gasteiger partial charge in [0.1, 0.15) is 0 Å². The molecular weight excluding hydrogens is 250 g/mol. The third-order valence-corrected chi connectivity index (χ3v) is 2.96. The highest BCUT2D eigenvalue weighted by atomic mass is 16.5. The quantitative estimate of drug-likeness (QED) is 0.815. The van der Waals surface area contributed by atoms with Crippen molar-refractivity contribution in [3.05, 3.63) is 65.7 Å². The number of rotatable bonds is 6. The van der Waals surface area contributed by atoms with E-state index < -0.39 is 0 Å². The fourth-order valence-electron chi connectivity index (χ4n) is 1.97. The molecule has 3 heteroatoms. The number of carbonyl (C=O) groups excluding carboxylic acids is 1. The normalized spacial score (nSPS) is 10.1. The average Bonchev–Trinajstić information content (AvgIpc) is 2.49. The van der Waals surface area contributed by atoms with Crippen molar-refractivity contribution in [1.82, 2.24) is 0 Å². The van der Waals surface area contributed by atoms with Gasteiger partial charge in [-0.3, -0.25) is 0 Å². The Balaban J connectivity index is 1.90. The van der Waals surface area contributed by atoms with Crippen LogP contribution in [-0.2, 0) is 11.2 Å². The first-order chi connectivity index (χ1) is 9.79. The predicted molar refractivity (Wildman–Crippen MR) is 81.0 cm³/mol. The molecule has 0 amide bonds. The van der Waals surface area contributed by atoms with E-state index in [0.29, 0.717) is 12.2 Å². The van der Waals surface area contributed by atoms with Crippen LogP contribution in [0.5, 0.6) is 0 Å². The van der Waals surface area contributed by atoms with Gasteiger partial charge in [0.05, 0.1) is 12.2 Å². The summed E-state index contributed by atoms with van der Waals surface area (Å²) in [5, 5.41) is 3.32. The second kappa shape index (κ2) is 7.34. The highest BCUT2D eigenvalue weighted by Crippen LogP contribution is 2.12. The molecule has 2 aromatic rings. The van der Waals surface area contributed by atoms with Crippen LogP contribution in [0.4, 0.5) is 5.69 Å². The molecular formula is C17H19NO2. The van der Waals surface area contributed by atoms with Crippen molar-refractivity contribution in [2.24, 2.45) is 0 Å². The van der Waals surface area contributed by atoms with E-state index in [2.05, 4.69) is 17.4 Å². The highest BCUT2D eigenvalue weighted by molar-refractivity contribution is 5.90. The van der Waals surface area contributed by atoms with E-state index >= 15 is 0 Å². The minimum atomic E-state index is -0.279. The number of ether oxygens (including phenoxy) is 1. The molecule has 0 spiro atoms. The van der Waals surface area contributed by atoms with Crippen molar-refractivity contribution in [2.75, 3.05) is 18.5 Å². The van der Waals surface area contributed by atoms with E-state index in [-0.39, 0.29) is 5.97 Å². The molecule has 0 aliphatic rings. The third kappa shape index (κ3) is 4.12. The van der Waals surface area contributed by atoms with Gasteiger partial charge in [0, 0.05) is 12.2 Å². The Hall–Kier alpha value is -2.29. The minimum Gasteiger partial charge on any atom is -0.462 e. The Bertz CT molecular complexity index is 552. The van der Waals surface area contributed by atoms with Crippen molar-refractivity contribution in [2.45, 2.75) is 13.3 Å². The van der Waals surface area contributed by atoms with E-state index in [4.69, 9.17) is 4.74 Å². The lowest BCUT2D eigenvalue weighted by molar-refractivity contribution is 0.0526. The summed E-state index contributed by atoms with van der Waals surface area (Å²) in [5.41, 5.74) is 2.81. The molecule has 0 heterocycles. The number of benzene rings is 2. The first-order valence-electron chi connectivity index (χ1n) is 6.84. The van der Waals surface area contributed by atoms with Gasteiger partial charge in [-0.15, -0.1) is 0 Å². The van der Waals surface area contributed by atoms with Crippen LogP contribution in [0.15, 0.2) is 54.6 Å². The van der Waals surface area contributed by atoms with Gasteiger partial charge in [0.25, 0.3) is 0 Å². The van der Waals surface area contributed by atoms with Gasteiger partial charge in [0.2, 0.25) is 0 Å². The van der Waals surface area contributed by atoms with Crippen molar-refractivity contribution in [3.63, 3.8) is 0 Å². The monoisotopic (exact) mass is 269 g/mol. The molecule has 0 aliphatic carbocycles. The van der Waals surface area contributed by atoms with E-state index in [1.165, 1.54) is 5.56 Å². The standard InChI is InChI=1S/C17H19NO2/c1-2-20-17(19)15-9-6-10-16(13-15)18-12-11-14-7-4-3-5-8-14/h3-10,13,18H,2,11-12H2,1H3. The number of anilines is 1. The van der Waals surface area contributed by atoms with Gasteiger partial charge in [-0.2, -0.15) is 0 Å². The second-order valence-electron chi connectivity index (χ2n) is 4.46. The summed E-state index contributed by atoms with van der Waals surface area (Å²) in [6.07, 6.45) is 0.949. The first-order valence-corrected chi connectivity index (χ1v) is 6.84. The molecule has 0 radical (unpaired) electrons. The zero-order chi connectivity index (χ0) is 14.2. The maximum absolute atomic E-state index is 11.6. The summed E-state index contributed by atoms with van der Waals surface area (Å²) in [6, 6.07) is 17.7. The Morgan fingerprint density at radius 2 is 1.90 bits per heavy atom. The molecule has 0 aromatic heterocycles. The largest absolute Gasteiger partial charge is 0.462 e. The zero-order valence-corrected chi connectivity index (χ0v) is 11.6. The summed E-state index contributed by atoms with van der Waals surface area (Å²) in [7, 11) is 0. The fourth-order valence-corrected chi connectivity index (χ4v) is 1.97. The van der Waals surface area contributed by atoms with Crippen LogP contribution in [0.2, 0.25) is 0 Å². The minimum absolute atomic E-state index is 0.279. The maximum Gasteiger partial charge on any atom is 0.338 e. The molecule has 1 N–H and O–H groups in total. The van der Waals surface area contributed by atoms with Gasteiger partial charge in [0.15, 0.2) is 0 Å². The smallest absolute Gasteiger partial charge is 0.338 e. The third-order valence-electron chi connectivity index (χ3n) is 2.96. The molecule has 20 heavy (non-hydrogen) atoms.